The first-order chi connectivity index (χ1) is 14.3. The summed E-state index contributed by atoms with van der Waals surface area (Å²) in [7, 11) is 0. The molecule has 0 saturated carbocycles. The standard InChI is InChI=1S/C26H28S3/c1-2-3-4-5-6-7-9-20-11-13-21(14-12-20)22-15-16-25(28-22)26-18-17-24(29-26)23-10-8-19-27-23/h8,10-19H,2-7,9H2,1H3. The molecule has 3 heteroatoms. The van der Waals surface area contributed by atoms with Gasteiger partial charge in [0.1, 0.15) is 0 Å². The van der Waals surface area contributed by atoms with E-state index in [0.29, 0.717) is 0 Å². The zero-order valence-electron chi connectivity index (χ0n) is 17.0. The molecule has 0 N–H and O–H groups in total. The minimum atomic E-state index is 1.21. The van der Waals surface area contributed by atoms with Crippen LogP contribution in [0.5, 0.6) is 0 Å². The molecule has 4 rings (SSSR count). The highest BCUT2D eigenvalue weighted by atomic mass is 32.1. The zero-order valence-corrected chi connectivity index (χ0v) is 19.5. The van der Waals surface area contributed by atoms with Crippen molar-refractivity contribution in [3.05, 3.63) is 71.6 Å². The van der Waals surface area contributed by atoms with E-state index in [2.05, 4.69) is 73.0 Å². The second kappa shape index (κ2) is 10.4. The zero-order chi connectivity index (χ0) is 19.9. The molecule has 0 bridgehead atoms. The van der Waals surface area contributed by atoms with Gasteiger partial charge in [-0.25, -0.2) is 0 Å². The van der Waals surface area contributed by atoms with E-state index in [4.69, 9.17) is 0 Å². The average Bonchev–Trinajstić information content (AvgIpc) is 3.51. The second-order valence-corrected chi connectivity index (χ2v) is 10.6. The molecule has 0 aliphatic carbocycles. The van der Waals surface area contributed by atoms with Crippen LogP contribution < -0.4 is 0 Å². The molecule has 0 atom stereocenters. The summed E-state index contributed by atoms with van der Waals surface area (Å²) in [5, 5.41) is 2.15. The molecule has 0 amide bonds. The average molecular weight is 437 g/mol. The molecular weight excluding hydrogens is 408 g/mol. The van der Waals surface area contributed by atoms with E-state index in [1.54, 1.807) is 0 Å². The minimum Gasteiger partial charge on any atom is -0.143 e. The summed E-state index contributed by atoms with van der Waals surface area (Å²) in [4.78, 5) is 6.81. The molecule has 3 heterocycles. The number of benzene rings is 1. The first-order valence-electron chi connectivity index (χ1n) is 10.7. The van der Waals surface area contributed by atoms with Gasteiger partial charge < -0.3 is 0 Å². The van der Waals surface area contributed by atoms with Crippen LogP contribution in [0.4, 0.5) is 0 Å². The van der Waals surface area contributed by atoms with Crippen LogP contribution in [-0.2, 0) is 6.42 Å². The van der Waals surface area contributed by atoms with Crippen LogP contribution in [0, 0.1) is 0 Å². The van der Waals surface area contributed by atoms with Crippen LogP contribution in [0.25, 0.3) is 29.9 Å². The van der Waals surface area contributed by atoms with Crippen molar-refractivity contribution < 1.29 is 0 Å². The maximum atomic E-state index is 2.32. The number of unbranched alkanes of at least 4 members (excludes halogenated alkanes) is 5. The van der Waals surface area contributed by atoms with Crippen LogP contribution in [0.2, 0.25) is 0 Å². The summed E-state index contributed by atoms with van der Waals surface area (Å²) in [6.07, 6.45) is 9.40. The van der Waals surface area contributed by atoms with Crippen molar-refractivity contribution in [2.75, 3.05) is 0 Å². The van der Waals surface area contributed by atoms with Gasteiger partial charge in [0.25, 0.3) is 0 Å². The molecule has 150 valence electrons. The molecule has 0 aliphatic heterocycles. The third-order valence-electron chi connectivity index (χ3n) is 5.28. The van der Waals surface area contributed by atoms with Crippen LogP contribution >= 0.6 is 34.0 Å². The first kappa shape index (κ1) is 20.6. The third kappa shape index (κ3) is 5.48. The van der Waals surface area contributed by atoms with Crippen LogP contribution in [0.3, 0.4) is 0 Å². The maximum absolute atomic E-state index is 2.32. The number of aryl methyl sites for hydroxylation is 1. The Morgan fingerprint density at radius 2 is 1.21 bits per heavy atom. The Kier molecular flexibility index (Phi) is 7.37. The summed E-state index contributed by atoms with van der Waals surface area (Å²) in [6.45, 7) is 2.28. The van der Waals surface area contributed by atoms with Gasteiger partial charge in [-0.3, -0.25) is 0 Å². The number of rotatable bonds is 10. The van der Waals surface area contributed by atoms with Gasteiger partial charge >= 0.3 is 0 Å². The summed E-state index contributed by atoms with van der Waals surface area (Å²) >= 11 is 5.60. The summed E-state index contributed by atoms with van der Waals surface area (Å²) in [5.74, 6) is 0. The summed E-state index contributed by atoms with van der Waals surface area (Å²) < 4.78 is 0. The summed E-state index contributed by atoms with van der Waals surface area (Å²) in [6, 6.07) is 22.6. The third-order valence-corrected chi connectivity index (χ3v) is 8.76. The van der Waals surface area contributed by atoms with E-state index in [1.165, 1.54) is 80.5 Å². The Balaban J connectivity index is 1.36. The van der Waals surface area contributed by atoms with Crippen molar-refractivity contribution >= 4 is 34.0 Å². The largest absolute Gasteiger partial charge is 0.143 e. The predicted octanol–water partition coefficient (Wildman–Crippen LogP) is 9.78. The number of hydrogen-bond acceptors (Lipinski definition) is 3. The number of hydrogen-bond donors (Lipinski definition) is 0. The molecule has 0 spiro atoms. The van der Waals surface area contributed by atoms with E-state index >= 15 is 0 Å². The van der Waals surface area contributed by atoms with Crippen LogP contribution in [0.1, 0.15) is 51.0 Å². The van der Waals surface area contributed by atoms with Crippen molar-refractivity contribution in [3.8, 4) is 29.9 Å². The van der Waals surface area contributed by atoms with Gasteiger partial charge in [-0.15, -0.1) is 34.0 Å². The van der Waals surface area contributed by atoms with Crippen molar-refractivity contribution in [1.82, 2.24) is 0 Å². The normalized spacial score (nSPS) is 11.2. The Bertz CT molecular complexity index is 987. The topological polar surface area (TPSA) is 0 Å². The molecule has 0 fully saturated rings. The van der Waals surface area contributed by atoms with Crippen molar-refractivity contribution in [2.45, 2.75) is 51.9 Å². The van der Waals surface area contributed by atoms with Gasteiger partial charge in [-0.1, -0.05) is 69.4 Å². The van der Waals surface area contributed by atoms with Crippen LogP contribution in [-0.4, -0.2) is 0 Å². The number of thiophene rings is 3. The van der Waals surface area contributed by atoms with E-state index in [0.717, 1.165) is 0 Å². The van der Waals surface area contributed by atoms with Gasteiger partial charge in [0.2, 0.25) is 0 Å². The Morgan fingerprint density at radius 1 is 0.586 bits per heavy atom. The molecule has 3 aromatic heterocycles. The Morgan fingerprint density at radius 3 is 1.90 bits per heavy atom. The first-order valence-corrected chi connectivity index (χ1v) is 13.2. The fourth-order valence-corrected chi connectivity index (χ4v) is 6.53. The highest BCUT2D eigenvalue weighted by Crippen LogP contribution is 2.41. The van der Waals surface area contributed by atoms with E-state index in [1.807, 2.05) is 34.0 Å². The smallest absolute Gasteiger partial charge is 0.0449 e. The molecule has 4 aromatic rings. The fraction of sp³-hybridized carbons (Fsp3) is 0.308. The van der Waals surface area contributed by atoms with Gasteiger partial charge in [0, 0.05) is 24.4 Å². The van der Waals surface area contributed by atoms with E-state index in [9.17, 15) is 0 Å². The molecule has 29 heavy (non-hydrogen) atoms. The molecule has 0 saturated heterocycles. The lowest BCUT2D eigenvalue weighted by molar-refractivity contribution is 0.607. The molecule has 0 radical (unpaired) electrons. The highest BCUT2D eigenvalue weighted by Gasteiger charge is 2.09. The minimum absolute atomic E-state index is 1.21. The molecule has 0 unspecified atom stereocenters. The Hall–Kier alpha value is -1.68. The van der Waals surface area contributed by atoms with Gasteiger partial charge in [0.05, 0.1) is 0 Å². The monoisotopic (exact) mass is 436 g/mol. The van der Waals surface area contributed by atoms with E-state index < -0.39 is 0 Å². The lowest BCUT2D eigenvalue weighted by Gasteiger charge is -2.04. The molecule has 0 nitrogen and oxygen atoms in total. The lowest BCUT2D eigenvalue weighted by atomic mass is 10.0. The predicted molar refractivity (Wildman–Crippen MR) is 133 cm³/mol. The SMILES string of the molecule is CCCCCCCCc1ccc(-c2ccc(-c3ccc(-c4cccs4)s3)s2)cc1. The van der Waals surface area contributed by atoms with Crippen LogP contribution in [0.15, 0.2) is 66.0 Å². The van der Waals surface area contributed by atoms with Crippen molar-refractivity contribution in [3.63, 3.8) is 0 Å². The second-order valence-electron chi connectivity index (χ2n) is 7.52. The molecule has 1 aromatic carbocycles. The molecular formula is C26H28S3. The lowest BCUT2D eigenvalue weighted by Crippen LogP contribution is -1.86. The highest BCUT2D eigenvalue weighted by molar-refractivity contribution is 7.27. The quantitative estimate of drug-likeness (QED) is 0.217. The van der Waals surface area contributed by atoms with Crippen molar-refractivity contribution in [1.29, 1.82) is 0 Å². The van der Waals surface area contributed by atoms with Gasteiger partial charge in [0.15, 0.2) is 0 Å². The summed E-state index contributed by atoms with van der Waals surface area (Å²) in [5.41, 5.74) is 2.81. The maximum Gasteiger partial charge on any atom is 0.0449 e. The van der Waals surface area contributed by atoms with Crippen molar-refractivity contribution in [2.24, 2.45) is 0 Å². The van der Waals surface area contributed by atoms with Gasteiger partial charge in [-0.2, -0.15) is 0 Å². The fourth-order valence-electron chi connectivity index (χ4n) is 3.59. The van der Waals surface area contributed by atoms with Gasteiger partial charge in [-0.05, 0) is 59.7 Å². The molecule has 0 aliphatic rings. The Labute approximate surface area is 186 Å². The van der Waals surface area contributed by atoms with E-state index in [-0.39, 0.29) is 0 Å².